The summed E-state index contributed by atoms with van der Waals surface area (Å²) in [6.45, 7) is 6.80. The van der Waals surface area contributed by atoms with Crippen molar-refractivity contribution >= 4 is 28.2 Å². The second-order valence-electron chi connectivity index (χ2n) is 9.65. The Bertz CT molecular complexity index is 1230. The van der Waals surface area contributed by atoms with Crippen molar-refractivity contribution in [3.63, 3.8) is 0 Å². The summed E-state index contributed by atoms with van der Waals surface area (Å²) in [5, 5.41) is 11.2. The minimum atomic E-state index is -0.807. The van der Waals surface area contributed by atoms with Crippen LogP contribution in [0.25, 0.3) is 0 Å². The van der Waals surface area contributed by atoms with Gasteiger partial charge in [-0.25, -0.2) is 0 Å². The standard InChI is InChI=1S/C25H27N5O4S/c1-24(2,22(31)28-23-29-26-15-35-23)20-16-5-3-4-6-18(16)34-21-17(20)7-8-19(27-21)30-11-9-25(10-12-30)32-13-14-33-25/h3-8,15,20H,9-14H2,1-2H3,(H,28,29,31)/t20-/m1/s1. The van der Waals surface area contributed by atoms with Crippen molar-refractivity contribution in [3.8, 4) is 11.6 Å². The number of rotatable bonds is 4. The summed E-state index contributed by atoms with van der Waals surface area (Å²) in [5.41, 5.74) is 2.64. The van der Waals surface area contributed by atoms with E-state index in [0.717, 1.165) is 48.6 Å². The highest BCUT2D eigenvalue weighted by Gasteiger charge is 2.45. The molecule has 1 amide bonds. The lowest BCUT2D eigenvalue weighted by Crippen LogP contribution is -2.45. The molecule has 1 N–H and O–H groups in total. The van der Waals surface area contributed by atoms with E-state index in [1.807, 2.05) is 50.2 Å². The van der Waals surface area contributed by atoms with Gasteiger partial charge < -0.3 is 24.4 Å². The van der Waals surface area contributed by atoms with Gasteiger partial charge in [0, 0.05) is 43.0 Å². The van der Waals surface area contributed by atoms with Gasteiger partial charge in [-0.1, -0.05) is 43.4 Å². The molecule has 0 unspecified atom stereocenters. The lowest BCUT2D eigenvalue weighted by atomic mass is 9.70. The smallest absolute Gasteiger partial charge is 0.232 e. The van der Waals surface area contributed by atoms with Crippen molar-refractivity contribution < 1.29 is 19.0 Å². The molecule has 2 aromatic heterocycles. The maximum atomic E-state index is 13.4. The van der Waals surface area contributed by atoms with Crippen LogP contribution < -0.4 is 15.0 Å². The summed E-state index contributed by atoms with van der Waals surface area (Å²) in [4.78, 5) is 20.6. The monoisotopic (exact) mass is 493 g/mol. The highest BCUT2D eigenvalue weighted by atomic mass is 32.1. The molecule has 5 heterocycles. The third-order valence-corrected chi connectivity index (χ3v) is 7.78. The van der Waals surface area contributed by atoms with E-state index in [1.165, 1.54) is 11.3 Å². The van der Waals surface area contributed by atoms with Gasteiger partial charge in [0.15, 0.2) is 5.79 Å². The summed E-state index contributed by atoms with van der Waals surface area (Å²) in [6.07, 6.45) is 1.60. The molecule has 0 bridgehead atoms. The topological polar surface area (TPSA) is 98.7 Å². The van der Waals surface area contributed by atoms with Crippen molar-refractivity contribution in [2.45, 2.75) is 38.4 Å². The molecule has 3 aliphatic heterocycles. The average molecular weight is 494 g/mol. The molecule has 0 radical (unpaired) electrons. The number of ether oxygens (including phenoxy) is 3. The predicted octanol–water partition coefficient (Wildman–Crippen LogP) is 4.18. The van der Waals surface area contributed by atoms with Crippen LogP contribution in [0.2, 0.25) is 0 Å². The zero-order chi connectivity index (χ0) is 24.0. The van der Waals surface area contributed by atoms with Crippen molar-refractivity contribution in [1.29, 1.82) is 0 Å². The minimum Gasteiger partial charge on any atom is -0.438 e. The van der Waals surface area contributed by atoms with E-state index < -0.39 is 11.2 Å². The van der Waals surface area contributed by atoms with Crippen LogP contribution >= 0.6 is 11.3 Å². The summed E-state index contributed by atoms with van der Waals surface area (Å²) in [6, 6.07) is 11.9. The number of para-hydroxylation sites is 1. The van der Waals surface area contributed by atoms with Gasteiger partial charge in [0.25, 0.3) is 0 Å². The molecule has 2 fully saturated rings. The van der Waals surface area contributed by atoms with Crippen LogP contribution in [0, 0.1) is 5.41 Å². The van der Waals surface area contributed by atoms with Gasteiger partial charge in [-0.2, -0.15) is 4.98 Å². The molecule has 6 rings (SSSR count). The Labute approximate surface area is 207 Å². The molecule has 35 heavy (non-hydrogen) atoms. The van der Waals surface area contributed by atoms with E-state index in [2.05, 4.69) is 20.4 Å². The van der Waals surface area contributed by atoms with Crippen LogP contribution in [-0.4, -0.2) is 53.2 Å². The number of hydrogen-bond donors (Lipinski definition) is 1. The molecule has 3 aromatic rings. The number of carbonyl (C=O) groups excluding carboxylic acids is 1. The molecule has 2 saturated heterocycles. The summed E-state index contributed by atoms with van der Waals surface area (Å²) < 4.78 is 18.0. The molecular weight excluding hydrogens is 466 g/mol. The van der Waals surface area contributed by atoms with Crippen LogP contribution in [0.3, 0.4) is 0 Å². The molecule has 0 aliphatic carbocycles. The quantitative estimate of drug-likeness (QED) is 0.578. The minimum absolute atomic E-state index is 0.135. The third kappa shape index (κ3) is 3.95. The molecule has 0 saturated carbocycles. The number of fused-ring (bicyclic) bond motifs is 2. The summed E-state index contributed by atoms with van der Waals surface area (Å²) >= 11 is 1.30. The number of amides is 1. The summed E-state index contributed by atoms with van der Waals surface area (Å²) in [5.74, 6) is 1.29. The Morgan fingerprint density at radius 2 is 1.89 bits per heavy atom. The van der Waals surface area contributed by atoms with Gasteiger partial charge in [-0.05, 0) is 18.2 Å². The number of nitrogens with zero attached hydrogens (tertiary/aromatic N) is 4. The van der Waals surface area contributed by atoms with Crippen molar-refractivity contribution in [1.82, 2.24) is 15.2 Å². The number of pyridine rings is 1. The Morgan fingerprint density at radius 3 is 2.63 bits per heavy atom. The Morgan fingerprint density at radius 1 is 1.11 bits per heavy atom. The maximum Gasteiger partial charge on any atom is 0.232 e. The Kier molecular flexibility index (Phi) is 5.46. The first-order valence-electron chi connectivity index (χ1n) is 11.8. The van der Waals surface area contributed by atoms with Crippen LogP contribution in [0.4, 0.5) is 10.9 Å². The first-order chi connectivity index (χ1) is 17.0. The Balaban J connectivity index is 1.31. The molecule has 1 atom stereocenters. The zero-order valence-electron chi connectivity index (χ0n) is 19.7. The van der Waals surface area contributed by atoms with Gasteiger partial charge in [0.05, 0.1) is 18.6 Å². The number of carbonyl (C=O) groups is 1. The van der Waals surface area contributed by atoms with Gasteiger partial charge in [-0.3, -0.25) is 4.79 Å². The third-order valence-electron chi connectivity index (χ3n) is 7.17. The van der Waals surface area contributed by atoms with Crippen LogP contribution in [-0.2, 0) is 14.3 Å². The largest absolute Gasteiger partial charge is 0.438 e. The maximum absolute atomic E-state index is 13.4. The number of anilines is 2. The van der Waals surface area contributed by atoms with E-state index >= 15 is 0 Å². The van der Waals surface area contributed by atoms with Gasteiger partial charge in [0.2, 0.25) is 16.9 Å². The number of benzene rings is 1. The van der Waals surface area contributed by atoms with Crippen LogP contribution in [0.15, 0.2) is 41.9 Å². The van der Waals surface area contributed by atoms with Crippen molar-refractivity contribution in [2.24, 2.45) is 5.41 Å². The first kappa shape index (κ1) is 22.4. The second kappa shape index (κ2) is 8.54. The Hall–Kier alpha value is -3.08. The molecule has 182 valence electrons. The van der Waals surface area contributed by atoms with Crippen LogP contribution in [0.1, 0.15) is 43.7 Å². The molecule has 1 spiro atoms. The molecule has 10 heteroatoms. The molecule has 9 nitrogen and oxygen atoms in total. The van der Waals surface area contributed by atoms with Crippen LogP contribution in [0.5, 0.6) is 11.6 Å². The molecule has 1 aromatic carbocycles. The van der Waals surface area contributed by atoms with Gasteiger partial charge in [-0.15, -0.1) is 10.2 Å². The molecule has 3 aliphatic rings. The van der Waals surface area contributed by atoms with Crippen molar-refractivity contribution in [2.75, 3.05) is 36.5 Å². The summed E-state index contributed by atoms with van der Waals surface area (Å²) in [7, 11) is 0. The van der Waals surface area contributed by atoms with Gasteiger partial charge in [0.1, 0.15) is 17.1 Å². The second-order valence-corrected chi connectivity index (χ2v) is 10.5. The zero-order valence-corrected chi connectivity index (χ0v) is 20.5. The van der Waals surface area contributed by atoms with E-state index in [1.54, 1.807) is 5.51 Å². The van der Waals surface area contributed by atoms with E-state index in [4.69, 9.17) is 19.2 Å². The van der Waals surface area contributed by atoms with Gasteiger partial charge >= 0.3 is 0 Å². The lowest BCUT2D eigenvalue weighted by Gasteiger charge is -2.39. The number of aromatic nitrogens is 3. The number of nitrogens with one attached hydrogen (secondary N) is 1. The van der Waals surface area contributed by atoms with Crippen molar-refractivity contribution in [3.05, 3.63) is 53.0 Å². The fourth-order valence-corrected chi connectivity index (χ4v) is 5.70. The van der Waals surface area contributed by atoms with E-state index in [-0.39, 0.29) is 11.8 Å². The molecular formula is C25H27N5O4S. The normalized spacial score (nSPS) is 20.7. The SMILES string of the molecule is CC(C)(C(=O)Nc1nncs1)[C@@H]1c2ccccc2Oc2nc(N3CCC4(CC3)OCCO4)ccc21. The van der Waals surface area contributed by atoms with E-state index in [0.29, 0.717) is 24.2 Å². The van der Waals surface area contributed by atoms with E-state index in [9.17, 15) is 4.79 Å². The predicted molar refractivity (Wildman–Crippen MR) is 131 cm³/mol. The first-order valence-corrected chi connectivity index (χ1v) is 12.7. The highest BCUT2D eigenvalue weighted by molar-refractivity contribution is 7.13. The average Bonchev–Trinajstić information content (AvgIpc) is 3.55. The number of piperidine rings is 1. The highest BCUT2D eigenvalue weighted by Crippen LogP contribution is 2.52. The fraction of sp³-hybridized carbons (Fsp3) is 0.440. The fourth-order valence-electron chi connectivity index (χ4n) is 5.26. The number of hydrogen-bond acceptors (Lipinski definition) is 9. The lowest BCUT2D eigenvalue weighted by molar-refractivity contribution is -0.169.